The van der Waals surface area contributed by atoms with E-state index in [1.165, 1.54) is 26.4 Å². The number of methoxy groups -OCH3 is 1. The van der Waals surface area contributed by atoms with Gasteiger partial charge in [-0.1, -0.05) is 27.2 Å². The second kappa shape index (κ2) is 6.25. The Balaban J connectivity index is 2.49. The van der Waals surface area contributed by atoms with Crippen LogP contribution in [0.1, 0.15) is 66.7 Å². The lowest BCUT2D eigenvalue weighted by Gasteiger charge is -2.40. The molecule has 0 bridgehead atoms. The Morgan fingerprint density at radius 1 is 1.16 bits per heavy atom. The summed E-state index contributed by atoms with van der Waals surface area (Å²) in [7, 11) is 1.45. The van der Waals surface area contributed by atoms with Crippen LogP contribution in [0.25, 0.3) is 0 Å². The monoisotopic (exact) mass is 269 g/mol. The highest BCUT2D eigenvalue weighted by molar-refractivity contribution is 5.79. The summed E-state index contributed by atoms with van der Waals surface area (Å²) in [5.74, 6) is 0.639. The van der Waals surface area contributed by atoms with Crippen LogP contribution in [-0.4, -0.2) is 24.7 Å². The lowest BCUT2D eigenvalue weighted by molar-refractivity contribution is -0.147. The molecule has 0 saturated heterocycles. The summed E-state index contributed by atoms with van der Waals surface area (Å²) in [6.45, 7) is 10.8. The second-order valence-electron chi connectivity index (χ2n) is 7.15. The van der Waals surface area contributed by atoms with Crippen molar-refractivity contribution in [1.82, 2.24) is 5.32 Å². The quantitative estimate of drug-likeness (QED) is 0.776. The van der Waals surface area contributed by atoms with Crippen molar-refractivity contribution in [2.75, 3.05) is 7.11 Å². The maximum absolute atomic E-state index is 11.7. The molecule has 3 nitrogen and oxygen atoms in total. The summed E-state index contributed by atoms with van der Waals surface area (Å²) in [6.07, 6.45) is 6.08. The summed E-state index contributed by atoms with van der Waals surface area (Å²) < 4.78 is 4.85. The highest BCUT2D eigenvalue weighted by Gasteiger charge is 2.35. The number of hydrogen-bond donors (Lipinski definition) is 1. The second-order valence-corrected chi connectivity index (χ2v) is 7.15. The highest BCUT2D eigenvalue weighted by Crippen LogP contribution is 2.40. The molecular formula is C16H31NO2. The fourth-order valence-electron chi connectivity index (χ4n) is 3.13. The molecule has 0 aliphatic heterocycles. The van der Waals surface area contributed by atoms with Crippen molar-refractivity contribution in [2.24, 2.45) is 11.3 Å². The van der Waals surface area contributed by atoms with E-state index in [0.717, 1.165) is 18.8 Å². The minimum absolute atomic E-state index is 0.177. The summed E-state index contributed by atoms with van der Waals surface area (Å²) in [5, 5.41) is 3.46. The lowest BCUT2D eigenvalue weighted by atomic mass is 9.68. The molecule has 1 fully saturated rings. The first-order valence-corrected chi connectivity index (χ1v) is 7.59. The zero-order valence-electron chi connectivity index (χ0n) is 13.5. The molecule has 0 radical (unpaired) electrons. The van der Waals surface area contributed by atoms with Crippen LogP contribution in [0.15, 0.2) is 0 Å². The van der Waals surface area contributed by atoms with Crippen molar-refractivity contribution in [3.8, 4) is 0 Å². The van der Waals surface area contributed by atoms with Crippen LogP contribution in [0.5, 0.6) is 0 Å². The number of ether oxygens (including phenoxy) is 1. The predicted octanol–water partition coefficient (Wildman–Crippen LogP) is 3.52. The maximum atomic E-state index is 11.7. The van der Waals surface area contributed by atoms with Gasteiger partial charge in [-0.3, -0.25) is 10.1 Å². The van der Waals surface area contributed by atoms with Crippen molar-refractivity contribution in [1.29, 1.82) is 0 Å². The number of carbonyl (C=O) groups is 1. The average molecular weight is 269 g/mol. The van der Waals surface area contributed by atoms with E-state index in [2.05, 4.69) is 26.1 Å². The van der Waals surface area contributed by atoms with Crippen molar-refractivity contribution in [2.45, 2.75) is 78.3 Å². The van der Waals surface area contributed by atoms with E-state index in [1.54, 1.807) is 0 Å². The van der Waals surface area contributed by atoms with Crippen molar-refractivity contribution < 1.29 is 9.53 Å². The molecule has 1 aliphatic rings. The van der Waals surface area contributed by atoms with Gasteiger partial charge in [0.25, 0.3) is 0 Å². The first-order valence-electron chi connectivity index (χ1n) is 7.59. The van der Waals surface area contributed by atoms with Gasteiger partial charge in [-0.25, -0.2) is 0 Å². The van der Waals surface area contributed by atoms with Crippen molar-refractivity contribution >= 4 is 5.97 Å². The fraction of sp³-hybridized carbons (Fsp3) is 0.938. The Morgan fingerprint density at radius 3 is 2.11 bits per heavy atom. The third kappa shape index (κ3) is 4.20. The van der Waals surface area contributed by atoms with Crippen molar-refractivity contribution in [3.63, 3.8) is 0 Å². The fourth-order valence-corrected chi connectivity index (χ4v) is 3.13. The van der Waals surface area contributed by atoms with Gasteiger partial charge in [0.15, 0.2) is 0 Å². The summed E-state index contributed by atoms with van der Waals surface area (Å²) in [5.41, 5.74) is -0.130. The number of nitrogens with one attached hydrogen (secondary N) is 1. The van der Waals surface area contributed by atoms with E-state index in [-0.39, 0.29) is 5.97 Å². The highest BCUT2D eigenvalue weighted by atomic mass is 16.5. The van der Waals surface area contributed by atoms with Crippen LogP contribution in [0.4, 0.5) is 0 Å². The molecule has 19 heavy (non-hydrogen) atoms. The molecule has 3 heteroatoms. The Labute approximate surface area is 118 Å². The molecule has 0 aromatic carbocycles. The molecule has 1 rings (SSSR count). The minimum atomic E-state index is -0.577. The Kier molecular flexibility index (Phi) is 5.43. The maximum Gasteiger partial charge on any atom is 0.325 e. The zero-order chi connectivity index (χ0) is 14.7. The van der Waals surface area contributed by atoms with Gasteiger partial charge in [-0.05, 0) is 50.9 Å². The molecule has 0 atom stereocenters. The van der Waals surface area contributed by atoms with Gasteiger partial charge in [0.05, 0.1) is 7.11 Å². The van der Waals surface area contributed by atoms with Gasteiger partial charge in [0, 0.05) is 6.04 Å². The first-order chi connectivity index (χ1) is 8.73. The molecule has 0 heterocycles. The first kappa shape index (κ1) is 16.5. The average Bonchev–Trinajstić information content (AvgIpc) is 2.37. The molecule has 0 unspecified atom stereocenters. The standard InChI is InChI=1S/C16H31NO2/c1-7-15(2,3)12-8-10-13(11-9-12)17-16(4,5)14(18)19-6/h12-13,17H,7-11H2,1-6H3. The predicted molar refractivity (Wildman–Crippen MR) is 79.0 cm³/mol. The molecule has 0 spiro atoms. The largest absolute Gasteiger partial charge is 0.468 e. The minimum Gasteiger partial charge on any atom is -0.468 e. The molecular weight excluding hydrogens is 238 g/mol. The summed E-state index contributed by atoms with van der Waals surface area (Å²) in [4.78, 5) is 11.7. The molecule has 0 aromatic rings. The molecule has 1 aliphatic carbocycles. The van der Waals surface area contributed by atoms with E-state index in [9.17, 15) is 4.79 Å². The Bertz CT molecular complexity index is 302. The number of hydrogen-bond acceptors (Lipinski definition) is 3. The van der Waals surface area contributed by atoms with Crippen LogP contribution in [0.3, 0.4) is 0 Å². The van der Waals surface area contributed by atoms with Gasteiger partial charge in [-0.15, -0.1) is 0 Å². The van der Waals surface area contributed by atoms with Gasteiger partial charge >= 0.3 is 5.97 Å². The molecule has 112 valence electrons. The summed E-state index contributed by atoms with van der Waals surface area (Å²) >= 11 is 0. The Hall–Kier alpha value is -0.570. The summed E-state index contributed by atoms with van der Waals surface area (Å²) in [6, 6.07) is 0.443. The van der Waals surface area contributed by atoms with E-state index in [4.69, 9.17) is 4.74 Å². The SMILES string of the molecule is CCC(C)(C)C1CCC(NC(C)(C)C(=O)OC)CC1. The van der Waals surface area contributed by atoms with Crippen LogP contribution < -0.4 is 5.32 Å². The zero-order valence-corrected chi connectivity index (χ0v) is 13.5. The Morgan fingerprint density at radius 2 is 1.68 bits per heavy atom. The lowest BCUT2D eigenvalue weighted by Crippen LogP contribution is -2.53. The topological polar surface area (TPSA) is 38.3 Å². The number of carbonyl (C=O) groups excluding carboxylic acids is 1. The molecule has 1 N–H and O–H groups in total. The van der Waals surface area contributed by atoms with Gasteiger partial charge < -0.3 is 4.74 Å². The molecule has 0 aromatic heterocycles. The van der Waals surface area contributed by atoms with Crippen LogP contribution in [0.2, 0.25) is 0 Å². The smallest absolute Gasteiger partial charge is 0.325 e. The number of esters is 1. The van der Waals surface area contributed by atoms with Gasteiger partial charge in [0.2, 0.25) is 0 Å². The van der Waals surface area contributed by atoms with E-state index in [1.807, 2.05) is 13.8 Å². The third-order valence-electron chi connectivity index (χ3n) is 5.00. The van der Waals surface area contributed by atoms with Crippen LogP contribution in [0, 0.1) is 11.3 Å². The van der Waals surface area contributed by atoms with Crippen LogP contribution in [-0.2, 0) is 9.53 Å². The van der Waals surface area contributed by atoms with Gasteiger partial charge in [-0.2, -0.15) is 0 Å². The number of rotatable bonds is 5. The molecule has 0 amide bonds. The third-order valence-corrected chi connectivity index (χ3v) is 5.00. The van der Waals surface area contributed by atoms with E-state index < -0.39 is 5.54 Å². The molecule has 1 saturated carbocycles. The van der Waals surface area contributed by atoms with Crippen molar-refractivity contribution in [3.05, 3.63) is 0 Å². The van der Waals surface area contributed by atoms with Crippen LogP contribution >= 0.6 is 0 Å². The van der Waals surface area contributed by atoms with E-state index >= 15 is 0 Å². The van der Waals surface area contributed by atoms with E-state index in [0.29, 0.717) is 11.5 Å². The normalized spacial score (nSPS) is 25.2. The van der Waals surface area contributed by atoms with Gasteiger partial charge in [0.1, 0.15) is 5.54 Å².